The lowest BCUT2D eigenvalue weighted by Crippen LogP contribution is -1.94. The predicted octanol–water partition coefficient (Wildman–Crippen LogP) is 2.40. The molecule has 14 heavy (non-hydrogen) atoms. The molecule has 0 aliphatic rings. The molecular formula is C8H4BrIN2O2. The van der Waals surface area contributed by atoms with E-state index in [0.29, 0.717) is 5.82 Å². The van der Waals surface area contributed by atoms with Crippen LogP contribution in [0.5, 0.6) is 0 Å². The Hall–Kier alpha value is -0.630. The average molecular weight is 367 g/mol. The van der Waals surface area contributed by atoms with Crippen molar-refractivity contribution in [2.75, 3.05) is 0 Å². The van der Waals surface area contributed by atoms with E-state index in [2.05, 4.69) is 53.2 Å². The quantitative estimate of drug-likeness (QED) is 0.788. The van der Waals surface area contributed by atoms with Crippen LogP contribution in [0.1, 0.15) is 0 Å². The van der Waals surface area contributed by atoms with Crippen LogP contribution in [0, 0.1) is 3.57 Å². The average Bonchev–Trinajstić information content (AvgIpc) is 2.57. The first-order chi connectivity index (χ1) is 6.66. The number of halogens is 2. The Morgan fingerprint density at radius 3 is 2.86 bits per heavy atom. The van der Waals surface area contributed by atoms with E-state index in [1.54, 1.807) is 0 Å². The summed E-state index contributed by atoms with van der Waals surface area (Å²) in [4.78, 5) is 13.2. The normalized spacial score (nSPS) is 10.4. The van der Waals surface area contributed by atoms with E-state index in [4.69, 9.17) is 0 Å². The number of aromatic nitrogens is 2. The lowest BCUT2D eigenvalue weighted by Gasteiger charge is -1.98. The molecule has 1 N–H and O–H groups in total. The van der Waals surface area contributed by atoms with Gasteiger partial charge in [0.2, 0.25) is 0 Å². The molecular weight excluding hydrogens is 363 g/mol. The summed E-state index contributed by atoms with van der Waals surface area (Å²) < 4.78 is 6.46. The first-order valence-electron chi connectivity index (χ1n) is 3.68. The minimum absolute atomic E-state index is 0.437. The molecule has 0 unspecified atom stereocenters. The van der Waals surface area contributed by atoms with Gasteiger partial charge >= 0.3 is 5.76 Å². The van der Waals surface area contributed by atoms with Crippen LogP contribution >= 0.6 is 38.5 Å². The van der Waals surface area contributed by atoms with Crippen LogP contribution in [0.4, 0.5) is 0 Å². The molecule has 72 valence electrons. The van der Waals surface area contributed by atoms with Crippen LogP contribution in [-0.4, -0.2) is 10.1 Å². The third-order valence-electron chi connectivity index (χ3n) is 1.63. The predicted molar refractivity (Wildman–Crippen MR) is 63.0 cm³/mol. The second-order valence-electron chi connectivity index (χ2n) is 2.57. The summed E-state index contributed by atoms with van der Waals surface area (Å²) in [7, 11) is 0. The standard InChI is InChI=1S/C8H4BrIN2O2/c9-5-3-4(1-2-6(5)10)7-11-8(13)14-12-7/h1-3H,(H,11,12,13). The molecule has 1 heterocycles. The molecule has 0 aliphatic carbocycles. The maximum atomic E-state index is 10.7. The van der Waals surface area contributed by atoms with Crippen molar-refractivity contribution in [1.29, 1.82) is 0 Å². The molecule has 0 aliphatic heterocycles. The van der Waals surface area contributed by atoms with Crippen molar-refractivity contribution in [2.45, 2.75) is 0 Å². The van der Waals surface area contributed by atoms with Gasteiger partial charge in [0, 0.05) is 13.6 Å². The number of nitrogens with zero attached hydrogens (tertiary/aromatic N) is 1. The van der Waals surface area contributed by atoms with E-state index in [9.17, 15) is 4.79 Å². The molecule has 1 aromatic heterocycles. The SMILES string of the molecule is O=c1[nH]c(-c2ccc(I)c(Br)c2)no1. The molecule has 0 saturated heterocycles. The van der Waals surface area contributed by atoms with Gasteiger partial charge in [0.15, 0.2) is 5.82 Å². The lowest BCUT2D eigenvalue weighted by molar-refractivity contribution is 0.388. The van der Waals surface area contributed by atoms with Crippen LogP contribution in [0.3, 0.4) is 0 Å². The number of hydrogen-bond donors (Lipinski definition) is 1. The Bertz CT molecular complexity index is 520. The largest absolute Gasteiger partial charge is 0.439 e. The number of nitrogens with one attached hydrogen (secondary N) is 1. The van der Waals surface area contributed by atoms with Crippen molar-refractivity contribution < 1.29 is 4.52 Å². The van der Waals surface area contributed by atoms with Crippen molar-refractivity contribution in [3.05, 3.63) is 36.8 Å². The van der Waals surface area contributed by atoms with Crippen molar-refractivity contribution in [1.82, 2.24) is 10.1 Å². The molecule has 0 spiro atoms. The summed E-state index contributed by atoms with van der Waals surface area (Å²) in [5, 5.41) is 3.59. The molecule has 0 radical (unpaired) electrons. The second-order valence-corrected chi connectivity index (χ2v) is 4.59. The monoisotopic (exact) mass is 366 g/mol. The first kappa shape index (κ1) is 9.91. The van der Waals surface area contributed by atoms with Gasteiger partial charge in [0.05, 0.1) is 0 Å². The molecule has 6 heteroatoms. The Kier molecular flexibility index (Phi) is 2.73. The van der Waals surface area contributed by atoms with Gasteiger partial charge < -0.3 is 0 Å². The first-order valence-corrected chi connectivity index (χ1v) is 5.55. The Morgan fingerprint density at radius 1 is 1.50 bits per heavy atom. The highest BCUT2D eigenvalue weighted by Crippen LogP contribution is 2.24. The molecule has 2 aromatic rings. The molecule has 2 rings (SSSR count). The van der Waals surface area contributed by atoms with Gasteiger partial charge in [-0.15, -0.1) is 0 Å². The van der Waals surface area contributed by atoms with Crippen LogP contribution in [0.2, 0.25) is 0 Å². The fourth-order valence-corrected chi connectivity index (χ4v) is 1.71. The number of hydrogen-bond acceptors (Lipinski definition) is 3. The maximum absolute atomic E-state index is 10.7. The van der Waals surface area contributed by atoms with Gasteiger partial charge in [-0.25, -0.2) is 4.79 Å². The molecule has 0 fully saturated rings. The number of H-pyrrole nitrogens is 1. The smallest absolute Gasteiger partial charge is 0.296 e. The van der Waals surface area contributed by atoms with Crippen LogP contribution in [0.15, 0.2) is 32.0 Å². The van der Waals surface area contributed by atoms with E-state index in [1.165, 1.54) is 0 Å². The number of aromatic amines is 1. The van der Waals surface area contributed by atoms with E-state index < -0.39 is 5.76 Å². The van der Waals surface area contributed by atoms with Crippen molar-refractivity contribution in [2.24, 2.45) is 0 Å². The zero-order chi connectivity index (χ0) is 10.1. The highest BCUT2D eigenvalue weighted by atomic mass is 127. The molecule has 1 aromatic carbocycles. The summed E-state index contributed by atoms with van der Waals surface area (Å²) in [5.41, 5.74) is 0.808. The molecule has 0 atom stereocenters. The molecule has 0 amide bonds. The highest BCUT2D eigenvalue weighted by molar-refractivity contribution is 14.1. The fraction of sp³-hybridized carbons (Fsp3) is 0. The Morgan fingerprint density at radius 2 is 2.29 bits per heavy atom. The minimum Gasteiger partial charge on any atom is -0.296 e. The Balaban J connectivity index is 2.52. The maximum Gasteiger partial charge on any atom is 0.439 e. The van der Waals surface area contributed by atoms with Crippen molar-refractivity contribution >= 4 is 38.5 Å². The van der Waals surface area contributed by atoms with Gasteiger partial charge in [0.25, 0.3) is 0 Å². The van der Waals surface area contributed by atoms with Crippen LogP contribution < -0.4 is 5.76 Å². The van der Waals surface area contributed by atoms with Crippen molar-refractivity contribution in [3.63, 3.8) is 0 Å². The van der Waals surface area contributed by atoms with Gasteiger partial charge in [0.1, 0.15) is 0 Å². The zero-order valence-corrected chi connectivity index (χ0v) is 10.5. The van der Waals surface area contributed by atoms with Gasteiger partial charge in [-0.1, -0.05) is 11.2 Å². The fourth-order valence-electron chi connectivity index (χ4n) is 0.998. The van der Waals surface area contributed by atoms with E-state index >= 15 is 0 Å². The van der Waals surface area contributed by atoms with Gasteiger partial charge in [-0.2, -0.15) is 0 Å². The van der Waals surface area contributed by atoms with Gasteiger partial charge in [-0.05, 0) is 50.7 Å². The summed E-state index contributed by atoms with van der Waals surface area (Å²) in [6.45, 7) is 0. The van der Waals surface area contributed by atoms with Crippen molar-refractivity contribution in [3.8, 4) is 11.4 Å². The summed E-state index contributed by atoms with van der Waals surface area (Å²) in [5.74, 6) is -0.109. The van der Waals surface area contributed by atoms with Crippen LogP contribution in [-0.2, 0) is 0 Å². The topological polar surface area (TPSA) is 58.9 Å². The van der Waals surface area contributed by atoms with E-state index in [1.807, 2.05) is 18.2 Å². The zero-order valence-electron chi connectivity index (χ0n) is 6.75. The summed E-state index contributed by atoms with van der Waals surface area (Å²) >= 11 is 5.60. The molecule has 4 nitrogen and oxygen atoms in total. The Labute approximate surface area is 101 Å². The van der Waals surface area contributed by atoms with Crippen LogP contribution in [0.25, 0.3) is 11.4 Å². The third kappa shape index (κ3) is 1.90. The summed E-state index contributed by atoms with van der Waals surface area (Å²) in [6, 6.07) is 5.66. The van der Waals surface area contributed by atoms with E-state index in [0.717, 1.165) is 13.6 Å². The molecule has 0 bridgehead atoms. The van der Waals surface area contributed by atoms with Gasteiger partial charge in [-0.3, -0.25) is 9.51 Å². The van der Waals surface area contributed by atoms with E-state index in [-0.39, 0.29) is 0 Å². The number of rotatable bonds is 1. The minimum atomic E-state index is -0.547. The molecule has 0 saturated carbocycles. The third-order valence-corrected chi connectivity index (χ3v) is 3.97. The summed E-state index contributed by atoms with van der Waals surface area (Å²) in [6.07, 6.45) is 0. The second kappa shape index (κ2) is 3.85. The highest BCUT2D eigenvalue weighted by Gasteiger charge is 2.05. The lowest BCUT2D eigenvalue weighted by atomic mass is 10.2. The number of benzene rings is 1.